The molecule has 25 heavy (non-hydrogen) atoms. The number of hydrogen-bond donors (Lipinski definition) is 1. The highest BCUT2D eigenvalue weighted by Crippen LogP contribution is 2.41. The zero-order valence-corrected chi connectivity index (χ0v) is 16.2. The second-order valence-corrected chi connectivity index (χ2v) is 7.30. The third kappa shape index (κ3) is 3.51. The van der Waals surface area contributed by atoms with Crippen LogP contribution in [0.3, 0.4) is 0 Å². The molecule has 1 amide bonds. The van der Waals surface area contributed by atoms with E-state index < -0.39 is 0 Å². The van der Waals surface area contributed by atoms with Crippen LogP contribution in [-0.2, 0) is 0 Å². The Morgan fingerprint density at radius 3 is 2.52 bits per heavy atom. The summed E-state index contributed by atoms with van der Waals surface area (Å²) in [6, 6.07) is 8.42. The van der Waals surface area contributed by atoms with Crippen molar-refractivity contribution in [2.75, 3.05) is 19.5 Å². The van der Waals surface area contributed by atoms with E-state index >= 15 is 0 Å². The van der Waals surface area contributed by atoms with Gasteiger partial charge in [0.15, 0.2) is 0 Å². The van der Waals surface area contributed by atoms with Gasteiger partial charge in [-0.2, -0.15) is 0 Å². The first-order chi connectivity index (χ1) is 11.9. The number of fused-ring (bicyclic) bond motifs is 1. The molecule has 0 fully saturated rings. The number of thiophene rings is 1. The van der Waals surface area contributed by atoms with E-state index in [-0.39, 0.29) is 5.91 Å². The molecule has 8 heteroatoms. The number of nitrogens with one attached hydrogen (secondary N) is 1. The molecular formula is C17H12Cl3NO3S. The Labute approximate surface area is 163 Å². The normalized spacial score (nSPS) is 10.8. The molecule has 1 aromatic heterocycles. The third-order valence-electron chi connectivity index (χ3n) is 3.51. The second-order valence-electron chi connectivity index (χ2n) is 5.03. The fourth-order valence-corrected chi connectivity index (χ4v) is 4.61. The maximum Gasteiger partial charge on any atom is 0.267 e. The first kappa shape index (κ1) is 18.1. The minimum Gasteiger partial charge on any atom is -0.497 e. The van der Waals surface area contributed by atoms with Crippen LogP contribution >= 0.6 is 46.1 Å². The molecule has 0 aliphatic carbocycles. The van der Waals surface area contributed by atoms with Crippen molar-refractivity contribution in [2.45, 2.75) is 0 Å². The van der Waals surface area contributed by atoms with E-state index in [2.05, 4.69) is 5.32 Å². The Morgan fingerprint density at radius 1 is 1.08 bits per heavy atom. The molecule has 3 rings (SSSR count). The molecule has 1 heterocycles. The lowest BCUT2D eigenvalue weighted by Gasteiger charge is -2.11. The van der Waals surface area contributed by atoms with E-state index in [9.17, 15) is 4.79 Å². The molecule has 0 spiro atoms. The van der Waals surface area contributed by atoms with Crippen LogP contribution in [-0.4, -0.2) is 20.1 Å². The summed E-state index contributed by atoms with van der Waals surface area (Å²) in [6.07, 6.45) is 0. The first-order valence-electron chi connectivity index (χ1n) is 7.05. The van der Waals surface area contributed by atoms with Crippen molar-refractivity contribution in [1.29, 1.82) is 0 Å². The van der Waals surface area contributed by atoms with Crippen molar-refractivity contribution in [3.8, 4) is 11.5 Å². The number of carbonyl (C=O) groups is 1. The van der Waals surface area contributed by atoms with Crippen LogP contribution in [0.1, 0.15) is 9.67 Å². The predicted molar refractivity (Wildman–Crippen MR) is 104 cm³/mol. The molecule has 2 aromatic carbocycles. The standard InChI is InChI=1S/C17H12Cl3NO3S/c1-23-9-3-4-11(12(7-9)24-2)21-17(22)16-15(20)14-10(19)5-8(18)6-13(14)25-16/h3-7H,1-2H3,(H,21,22). The van der Waals surface area contributed by atoms with Crippen molar-refractivity contribution < 1.29 is 14.3 Å². The number of methoxy groups -OCH3 is 2. The molecular weight excluding hydrogens is 405 g/mol. The van der Waals surface area contributed by atoms with E-state index in [0.717, 1.165) is 4.70 Å². The van der Waals surface area contributed by atoms with E-state index in [1.54, 1.807) is 37.4 Å². The smallest absolute Gasteiger partial charge is 0.267 e. The van der Waals surface area contributed by atoms with Gasteiger partial charge in [0.05, 0.1) is 30.0 Å². The number of benzene rings is 2. The SMILES string of the molecule is COc1ccc(NC(=O)c2sc3cc(Cl)cc(Cl)c3c2Cl)c(OC)c1. The van der Waals surface area contributed by atoms with E-state index in [1.807, 2.05) is 0 Å². The quantitative estimate of drug-likeness (QED) is 0.556. The van der Waals surface area contributed by atoms with Crippen molar-refractivity contribution >= 4 is 67.8 Å². The van der Waals surface area contributed by atoms with Gasteiger partial charge < -0.3 is 14.8 Å². The highest BCUT2D eigenvalue weighted by atomic mass is 35.5. The molecule has 0 aliphatic heterocycles. The van der Waals surface area contributed by atoms with Crippen LogP contribution in [0.2, 0.25) is 15.1 Å². The van der Waals surface area contributed by atoms with E-state index in [1.165, 1.54) is 18.4 Å². The lowest BCUT2D eigenvalue weighted by Crippen LogP contribution is -2.11. The molecule has 4 nitrogen and oxygen atoms in total. The van der Waals surface area contributed by atoms with E-state index in [4.69, 9.17) is 44.3 Å². The van der Waals surface area contributed by atoms with Crippen LogP contribution in [0, 0.1) is 0 Å². The van der Waals surface area contributed by atoms with Gasteiger partial charge in [-0.1, -0.05) is 34.8 Å². The minimum atomic E-state index is -0.359. The monoisotopic (exact) mass is 415 g/mol. The van der Waals surface area contributed by atoms with Gasteiger partial charge in [-0.3, -0.25) is 4.79 Å². The van der Waals surface area contributed by atoms with E-state index in [0.29, 0.717) is 42.5 Å². The van der Waals surface area contributed by atoms with Crippen molar-refractivity contribution in [2.24, 2.45) is 0 Å². The van der Waals surface area contributed by atoms with Gasteiger partial charge in [0.2, 0.25) is 0 Å². The summed E-state index contributed by atoms with van der Waals surface area (Å²) in [5.74, 6) is 0.740. The summed E-state index contributed by atoms with van der Waals surface area (Å²) >= 11 is 19.8. The Bertz CT molecular complexity index is 971. The van der Waals surface area contributed by atoms with Gasteiger partial charge in [0.1, 0.15) is 16.4 Å². The molecule has 130 valence electrons. The average Bonchev–Trinajstić information content (AvgIpc) is 2.91. The molecule has 0 radical (unpaired) electrons. The van der Waals surface area contributed by atoms with Gasteiger partial charge in [-0.05, 0) is 24.3 Å². The Hall–Kier alpha value is -1.66. The van der Waals surface area contributed by atoms with Crippen LogP contribution in [0.4, 0.5) is 5.69 Å². The zero-order chi connectivity index (χ0) is 18.1. The maximum atomic E-state index is 12.7. The fraction of sp³-hybridized carbons (Fsp3) is 0.118. The number of anilines is 1. The van der Waals surface area contributed by atoms with Gasteiger partial charge >= 0.3 is 0 Å². The molecule has 3 aromatic rings. The minimum absolute atomic E-state index is 0.298. The summed E-state index contributed by atoms with van der Waals surface area (Å²) in [4.78, 5) is 13.0. The summed E-state index contributed by atoms with van der Waals surface area (Å²) < 4.78 is 11.2. The maximum absolute atomic E-state index is 12.7. The van der Waals surface area contributed by atoms with Crippen LogP contribution in [0.25, 0.3) is 10.1 Å². The van der Waals surface area contributed by atoms with Crippen molar-refractivity contribution in [3.63, 3.8) is 0 Å². The molecule has 0 saturated carbocycles. The largest absolute Gasteiger partial charge is 0.497 e. The molecule has 0 unspecified atom stereocenters. The van der Waals surface area contributed by atoms with Crippen molar-refractivity contribution in [3.05, 3.63) is 50.3 Å². The number of rotatable bonds is 4. The predicted octanol–water partition coefficient (Wildman–Crippen LogP) is 6.13. The number of halogens is 3. The van der Waals surface area contributed by atoms with Gasteiger partial charge in [0, 0.05) is 21.2 Å². The molecule has 0 saturated heterocycles. The molecule has 0 aliphatic rings. The van der Waals surface area contributed by atoms with Crippen LogP contribution < -0.4 is 14.8 Å². The number of amides is 1. The zero-order valence-electron chi connectivity index (χ0n) is 13.2. The third-order valence-corrected chi connectivity index (χ3v) is 5.65. The summed E-state index contributed by atoms with van der Waals surface area (Å²) in [7, 11) is 3.07. The van der Waals surface area contributed by atoms with Crippen molar-refractivity contribution in [1.82, 2.24) is 0 Å². The number of carbonyl (C=O) groups excluding carboxylic acids is 1. The molecule has 0 atom stereocenters. The second kappa shape index (κ2) is 7.30. The lowest BCUT2D eigenvalue weighted by molar-refractivity contribution is 0.103. The van der Waals surface area contributed by atoms with Crippen LogP contribution in [0.5, 0.6) is 11.5 Å². The fourth-order valence-electron chi connectivity index (χ4n) is 2.34. The van der Waals surface area contributed by atoms with Gasteiger partial charge in [-0.25, -0.2) is 0 Å². The Kier molecular flexibility index (Phi) is 5.29. The summed E-state index contributed by atoms with van der Waals surface area (Å²) in [6.45, 7) is 0. The highest BCUT2D eigenvalue weighted by Gasteiger charge is 2.20. The first-order valence-corrected chi connectivity index (χ1v) is 9.00. The van der Waals surface area contributed by atoms with Gasteiger partial charge in [0.25, 0.3) is 5.91 Å². The Balaban J connectivity index is 1.98. The van der Waals surface area contributed by atoms with Crippen LogP contribution in [0.15, 0.2) is 30.3 Å². The molecule has 1 N–H and O–H groups in total. The Morgan fingerprint density at radius 2 is 1.84 bits per heavy atom. The lowest BCUT2D eigenvalue weighted by atomic mass is 10.2. The average molecular weight is 417 g/mol. The molecule has 0 bridgehead atoms. The summed E-state index contributed by atoms with van der Waals surface area (Å²) in [5.41, 5.74) is 0.506. The number of hydrogen-bond acceptors (Lipinski definition) is 4. The summed E-state index contributed by atoms with van der Waals surface area (Å²) in [5, 5.41) is 4.60. The van der Waals surface area contributed by atoms with Gasteiger partial charge in [-0.15, -0.1) is 11.3 Å². The highest BCUT2D eigenvalue weighted by molar-refractivity contribution is 7.21. The number of ether oxygens (including phenoxy) is 2. The topological polar surface area (TPSA) is 47.6 Å².